The zero-order chi connectivity index (χ0) is 10.1. The highest BCUT2D eigenvalue weighted by atomic mass is 79.9. The fourth-order valence-corrected chi connectivity index (χ4v) is 2.36. The predicted octanol–water partition coefficient (Wildman–Crippen LogP) is 2.67. The lowest BCUT2D eigenvalue weighted by Gasteiger charge is -2.32. The summed E-state index contributed by atoms with van der Waals surface area (Å²) >= 11 is 3.56. The lowest BCUT2D eigenvalue weighted by atomic mass is 10.0. The molecule has 1 heterocycles. The summed E-state index contributed by atoms with van der Waals surface area (Å²) in [6.07, 6.45) is 2.05. The second kappa shape index (κ2) is 3.75. The highest BCUT2D eigenvalue weighted by Crippen LogP contribution is 2.34. The Kier molecular flexibility index (Phi) is 2.61. The maximum atomic E-state index is 6.12. The molecule has 0 aliphatic carbocycles. The minimum atomic E-state index is -0.0162. The number of fused-ring (bicyclic) bond motifs is 1. The summed E-state index contributed by atoms with van der Waals surface area (Å²) in [6.45, 7) is 3.02. The first-order chi connectivity index (χ1) is 6.74. The van der Waals surface area contributed by atoms with Gasteiger partial charge in [-0.05, 0) is 34.0 Å². The van der Waals surface area contributed by atoms with Gasteiger partial charge in [-0.15, -0.1) is 0 Å². The Morgan fingerprint density at radius 1 is 1.43 bits per heavy atom. The normalized spacial score (nSPS) is 20.4. The van der Waals surface area contributed by atoms with Gasteiger partial charge in [0.15, 0.2) is 0 Å². The Labute approximate surface area is 92.5 Å². The highest BCUT2D eigenvalue weighted by molar-refractivity contribution is 9.15. The van der Waals surface area contributed by atoms with Crippen molar-refractivity contribution in [3.63, 3.8) is 0 Å². The van der Waals surface area contributed by atoms with Crippen molar-refractivity contribution in [3.05, 3.63) is 41.6 Å². The molecule has 3 heteroatoms. The summed E-state index contributed by atoms with van der Waals surface area (Å²) in [7, 11) is 0. The molecule has 1 aliphatic heterocycles. The number of nitrogens with two attached hydrogens (primary N) is 1. The second-order valence-corrected chi connectivity index (χ2v) is 4.19. The maximum absolute atomic E-state index is 6.12. The molecule has 74 valence electrons. The van der Waals surface area contributed by atoms with Gasteiger partial charge in [-0.25, -0.2) is 0 Å². The van der Waals surface area contributed by atoms with Gasteiger partial charge in [0, 0.05) is 17.2 Å². The first-order valence-corrected chi connectivity index (χ1v) is 5.51. The number of benzene rings is 1. The van der Waals surface area contributed by atoms with Crippen molar-refractivity contribution in [3.8, 4) is 0 Å². The molecular formula is C11H13BrN2. The molecule has 0 amide bonds. The summed E-state index contributed by atoms with van der Waals surface area (Å²) in [5.41, 5.74) is 8.51. The first kappa shape index (κ1) is 9.74. The van der Waals surface area contributed by atoms with Crippen LogP contribution in [-0.4, -0.2) is 11.4 Å². The van der Waals surface area contributed by atoms with Crippen LogP contribution >= 0.6 is 15.9 Å². The number of rotatable bonds is 1. The molecule has 0 spiro atoms. The summed E-state index contributed by atoms with van der Waals surface area (Å²) in [6, 6.07) is 8.22. The molecule has 0 saturated carbocycles. The average molecular weight is 253 g/mol. The lowest BCUT2D eigenvalue weighted by molar-refractivity contribution is 0.297. The third-order valence-corrected chi connectivity index (χ3v) is 3.17. The molecule has 2 N–H and O–H groups in total. The van der Waals surface area contributed by atoms with Crippen LogP contribution in [0.1, 0.15) is 24.2 Å². The van der Waals surface area contributed by atoms with E-state index in [1.807, 2.05) is 12.1 Å². The van der Waals surface area contributed by atoms with Crippen molar-refractivity contribution in [2.24, 2.45) is 5.73 Å². The van der Waals surface area contributed by atoms with E-state index in [0.29, 0.717) is 0 Å². The van der Waals surface area contributed by atoms with E-state index in [4.69, 9.17) is 5.73 Å². The SMILES string of the molecule is CCN1C=C(Br)c2ccccc2C1N. The molecule has 14 heavy (non-hydrogen) atoms. The second-order valence-electron chi connectivity index (χ2n) is 3.34. The Morgan fingerprint density at radius 3 is 2.86 bits per heavy atom. The van der Waals surface area contributed by atoms with E-state index in [2.05, 4.69) is 46.1 Å². The van der Waals surface area contributed by atoms with E-state index in [1.165, 1.54) is 11.1 Å². The maximum Gasteiger partial charge on any atom is 0.103 e. The summed E-state index contributed by atoms with van der Waals surface area (Å²) in [5, 5.41) is 0. The molecule has 2 nitrogen and oxygen atoms in total. The molecule has 1 aliphatic rings. The van der Waals surface area contributed by atoms with Crippen molar-refractivity contribution in [2.75, 3.05) is 6.54 Å². The number of halogens is 1. The number of nitrogens with zero attached hydrogens (tertiary/aromatic N) is 1. The van der Waals surface area contributed by atoms with Gasteiger partial charge in [0.25, 0.3) is 0 Å². The van der Waals surface area contributed by atoms with Crippen molar-refractivity contribution in [2.45, 2.75) is 13.1 Å². The van der Waals surface area contributed by atoms with Crippen molar-refractivity contribution in [1.82, 2.24) is 4.90 Å². The summed E-state index contributed by atoms with van der Waals surface area (Å²) in [4.78, 5) is 2.12. The quantitative estimate of drug-likeness (QED) is 0.833. The van der Waals surface area contributed by atoms with Crippen LogP contribution in [-0.2, 0) is 0 Å². The molecule has 1 aromatic carbocycles. The van der Waals surface area contributed by atoms with Gasteiger partial charge < -0.3 is 10.6 Å². The van der Waals surface area contributed by atoms with Gasteiger partial charge in [-0.2, -0.15) is 0 Å². The number of hydrogen-bond acceptors (Lipinski definition) is 2. The average Bonchev–Trinajstić information content (AvgIpc) is 2.23. The first-order valence-electron chi connectivity index (χ1n) is 4.72. The van der Waals surface area contributed by atoms with Gasteiger partial charge in [-0.1, -0.05) is 24.3 Å². The molecule has 0 saturated heterocycles. The summed E-state index contributed by atoms with van der Waals surface area (Å²) in [5.74, 6) is 0. The van der Waals surface area contributed by atoms with Gasteiger partial charge in [0.2, 0.25) is 0 Å². The summed E-state index contributed by atoms with van der Waals surface area (Å²) < 4.78 is 1.11. The molecule has 2 rings (SSSR count). The zero-order valence-corrected chi connectivity index (χ0v) is 9.66. The van der Waals surface area contributed by atoms with Crippen molar-refractivity contribution >= 4 is 20.4 Å². The van der Waals surface area contributed by atoms with Crippen molar-refractivity contribution in [1.29, 1.82) is 0 Å². The van der Waals surface area contributed by atoms with Crippen LogP contribution in [0.4, 0.5) is 0 Å². The van der Waals surface area contributed by atoms with Gasteiger partial charge >= 0.3 is 0 Å². The fraction of sp³-hybridized carbons (Fsp3) is 0.273. The minimum absolute atomic E-state index is 0.0162. The largest absolute Gasteiger partial charge is 0.357 e. The minimum Gasteiger partial charge on any atom is -0.357 e. The van der Waals surface area contributed by atoms with Gasteiger partial charge in [0.1, 0.15) is 6.17 Å². The molecular weight excluding hydrogens is 240 g/mol. The smallest absolute Gasteiger partial charge is 0.103 e. The lowest BCUT2D eigenvalue weighted by Crippen LogP contribution is -2.33. The van der Waals surface area contributed by atoms with Crippen LogP contribution in [0, 0.1) is 0 Å². The topological polar surface area (TPSA) is 29.3 Å². The monoisotopic (exact) mass is 252 g/mol. The standard InChI is InChI=1S/C11H13BrN2/c1-2-14-7-10(12)8-5-3-4-6-9(8)11(14)13/h3-7,11H,2,13H2,1H3. The third kappa shape index (κ3) is 1.47. The van der Waals surface area contributed by atoms with Crippen LogP contribution in [0.25, 0.3) is 4.48 Å². The molecule has 1 aromatic rings. The van der Waals surface area contributed by atoms with Crippen LogP contribution < -0.4 is 5.73 Å². The van der Waals surface area contributed by atoms with Crippen LogP contribution in [0.3, 0.4) is 0 Å². The van der Waals surface area contributed by atoms with E-state index in [1.54, 1.807) is 0 Å². The molecule has 1 unspecified atom stereocenters. The third-order valence-electron chi connectivity index (χ3n) is 2.54. The Hall–Kier alpha value is -0.800. The zero-order valence-electron chi connectivity index (χ0n) is 8.07. The molecule has 0 bridgehead atoms. The van der Waals surface area contributed by atoms with Crippen molar-refractivity contribution < 1.29 is 0 Å². The van der Waals surface area contributed by atoms with Crippen LogP contribution in [0.5, 0.6) is 0 Å². The molecule has 1 atom stereocenters. The molecule has 0 fully saturated rings. The van der Waals surface area contributed by atoms with Crippen LogP contribution in [0.2, 0.25) is 0 Å². The fourth-order valence-electron chi connectivity index (χ4n) is 1.73. The predicted molar refractivity (Wildman–Crippen MR) is 62.7 cm³/mol. The molecule has 0 radical (unpaired) electrons. The van der Waals surface area contributed by atoms with E-state index in [0.717, 1.165) is 11.0 Å². The van der Waals surface area contributed by atoms with E-state index < -0.39 is 0 Å². The Balaban J connectivity index is 2.51. The van der Waals surface area contributed by atoms with E-state index in [-0.39, 0.29) is 6.17 Å². The van der Waals surface area contributed by atoms with Crippen LogP contribution in [0.15, 0.2) is 30.5 Å². The van der Waals surface area contributed by atoms with Gasteiger partial charge in [0.05, 0.1) is 0 Å². The molecule has 0 aromatic heterocycles. The van der Waals surface area contributed by atoms with Gasteiger partial charge in [-0.3, -0.25) is 0 Å². The Bertz CT molecular complexity index is 373. The Morgan fingerprint density at radius 2 is 2.14 bits per heavy atom. The van der Waals surface area contributed by atoms with E-state index >= 15 is 0 Å². The number of hydrogen-bond donors (Lipinski definition) is 1. The van der Waals surface area contributed by atoms with E-state index in [9.17, 15) is 0 Å². The highest BCUT2D eigenvalue weighted by Gasteiger charge is 2.21.